The van der Waals surface area contributed by atoms with Crippen LogP contribution in [0.15, 0.2) is 21.5 Å². The Labute approximate surface area is 135 Å². The first kappa shape index (κ1) is 16.8. The summed E-state index contributed by atoms with van der Waals surface area (Å²) in [6.07, 6.45) is 4.04. The maximum absolute atomic E-state index is 12.9. The molecular weight excluding hydrogens is 352 g/mol. The Balaban J connectivity index is 2.31. The van der Waals surface area contributed by atoms with E-state index < -0.39 is 10.0 Å². The Hall–Kier alpha value is -0.590. The Kier molecular flexibility index (Phi) is 5.00. The number of nitrogens with two attached hydrogens (primary N) is 1. The van der Waals surface area contributed by atoms with Crippen LogP contribution in [0.1, 0.15) is 38.2 Å². The maximum Gasteiger partial charge on any atom is 0.243 e. The Bertz CT molecular complexity index is 623. The van der Waals surface area contributed by atoms with E-state index in [2.05, 4.69) is 22.9 Å². The molecule has 1 fully saturated rings. The predicted octanol–water partition coefficient (Wildman–Crippen LogP) is 3.54. The molecule has 0 bridgehead atoms. The van der Waals surface area contributed by atoms with Gasteiger partial charge >= 0.3 is 0 Å². The van der Waals surface area contributed by atoms with E-state index in [4.69, 9.17) is 5.73 Å². The third-order valence-corrected chi connectivity index (χ3v) is 7.19. The fraction of sp³-hybridized carbons (Fsp3) is 0.600. The van der Waals surface area contributed by atoms with Gasteiger partial charge in [-0.2, -0.15) is 4.31 Å². The van der Waals surface area contributed by atoms with Gasteiger partial charge in [0.1, 0.15) is 0 Å². The van der Waals surface area contributed by atoms with Gasteiger partial charge in [-0.05, 0) is 72.2 Å². The smallest absolute Gasteiger partial charge is 0.243 e. The number of nitrogens with zero attached hydrogens (tertiary/aromatic N) is 1. The number of hydrogen-bond acceptors (Lipinski definition) is 3. The standard InChI is InChI=1S/C15H23BrN2O2S/c1-10-4-6-12(7-5-10)18(3)21(19,20)15-9-14(17)13(16)8-11(15)2/h8-10,12H,4-7,17H2,1-3H3. The third kappa shape index (κ3) is 3.43. The average Bonchev–Trinajstić information content (AvgIpc) is 2.42. The summed E-state index contributed by atoms with van der Waals surface area (Å²) < 4.78 is 28.0. The molecule has 1 aromatic carbocycles. The molecule has 0 atom stereocenters. The first-order valence-corrected chi connectivity index (χ1v) is 9.50. The van der Waals surface area contributed by atoms with Crippen molar-refractivity contribution in [3.05, 3.63) is 22.2 Å². The van der Waals surface area contributed by atoms with Crippen LogP contribution >= 0.6 is 15.9 Å². The minimum atomic E-state index is -3.49. The van der Waals surface area contributed by atoms with E-state index >= 15 is 0 Å². The van der Waals surface area contributed by atoms with Gasteiger partial charge in [0.15, 0.2) is 0 Å². The highest BCUT2D eigenvalue weighted by molar-refractivity contribution is 9.10. The van der Waals surface area contributed by atoms with Gasteiger partial charge in [0.05, 0.1) is 4.90 Å². The molecule has 0 heterocycles. The highest BCUT2D eigenvalue weighted by Gasteiger charge is 2.31. The fourth-order valence-electron chi connectivity index (χ4n) is 2.90. The zero-order chi connectivity index (χ0) is 15.8. The molecule has 6 heteroatoms. The van der Waals surface area contributed by atoms with Crippen LogP contribution in [0, 0.1) is 12.8 Å². The van der Waals surface area contributed by atoms with Crippen LogP contribution in [0.2, 0.25) is 0 Å². The van der Waals surface area contributed by atoms with Gasteiger partial charge in [-0.1, -0.05) is 6.92 Å². The van der Waals surface area contributed by atoms with Crippen molar-refractivity contribution in [3.63, 3.8) is 0 Å². The summed E-state index contributed by atoms with van der Waals surface area (Å²) in [6.45, 7) is 4.03. The van der Waals surface area contributed by atoms with Crippen LogP contribution in [0.3, 0.4) is 0 Å². The van der Waals surface area contributed by atoms with Crippen LogP contribution in [0.5, 0.6) is 0 Å². The lowest BCUT2D eigenvalue weighted by Gasteiger charge is -2.33. The minimum absolute atomic E-state index is 0.0930. The molecule has 0 aromatic heterocycles. The molecule has 0 spiro atoms. The summed E-state index contributed by atoms with van der Waals surface area (Å²) in [5.74, 6) is 0.697. The number of sulfonamides is 1. The summed E-state index contributed by atoms with van der Waals surface area (Å²) >= 11 is 3.33. The summed E-state index contributed by atoms with van der Waals surface area (Å²) in [5.41, 5.74) is 7.02. The van der Waals surface area contributed by atoms with Gasteiger partial charge in [0.2, 0.25) is 10.0 Å². The molecule has 0 aliphatic heterocycles. The molecule has 1 aliphatic rings. The van der Waals surface area contributed by atoms with Crippen molar-refractivity contribution in [1.82, 2.24) is 4.31 Å². The van der Waals surface area contributed by atoms with Crippen molar-refractivity contribution in [2.45, 2.75) is 50.5 Å². The maximum atomic E-state index is 12.9. The van der Waals surface area contributed by atoms with Gasteiger partial charge in [-0.25, -0.2) is 8.42 Å². The number of benzene rings is 1. The molecule has 1 saturated carbocycles. The first-order valence-electron chi connectivity index (χ1n) is 7.27. The molecule has 21 heavy (non-hydrogen) atoms. The van der Waals surface area contributed by atoms with E-state index in [1.807, 2.05) is 0 Å². The lowest BCUT2D eigenvalue weighted by atomic mass is 9.87. The van der Waals surface area contributed by atoms with Gasteiger partial charge < -0.3 is 5.73 Å². The summed E-state index contributed by atoms with van der Waals surface area (Å²) in [5, 5.41) is 0. The molecule has 0 radical (unpaired) electrons. The Morgan fingerprint density at radius 3 is 2.38 bits per heavy atom. The molecule has 118 valence electrons. The van der Waals surface area contributed by atoms with Crippen molar-refractivity contribution in [3.8, 4) is 0 Å². The van der Waals surface area contributed by atoms with Gasteiger partial charge in [-0.3, -0.25) is 0 Å². The lowest BCUT2D eigenvalue weighted by molar-refractivity contribution is 0.246. The highest BCUT2D eigenvalue weighted by Crippen LogP contribution is 2.32. The predicted molar refractivity (Wildman–Crippen MR) is 89.7 cm³/mol. The first-order chi connectivity index (χ1) is 9.73. The van der Waals surface area contributed by atoms with Crippen LogP contribution in [0.4, 0.5) is 5.69 Å². The average molecular weight is 375 g/mol. The molecule has 0 unspecified atom stereocenters. The lowest BCUT2D eigenvalue weighted by Crippen LogP contribution is -2.39. The van der Waals surface area contributed by atoms with Gasteiger partial charge in [-0.15, -0.1) is 0 Å². The van der Waals surface area contributed by atoms with Crippen molar-refractivity contribution in [2.24, 2.45) is 5.92 Å². The molecule has 2 N–H and O–H groups in total. The van der Waals surface area contributed by atoms with E-state index in [0.29, 0.717) is 22.1 Å². The monoisotopic (exact) mass is 374 g/mol. The van der Waals surface area contributed by atoms with Crippen molar-refractivity contribution in [1.29, 1.82) is 0 Å². The number of hydrogen-bond donors (Lipinski definition) is 1. The summed E-state index contributed by atoms with van der Waals surface area (Å²) in [7, 11) is -1.81. The normalized spacial score (nSPS) is 23.5. The zero-order valence-electron chi connectivity index (χ0n) is 12.8. The molecule has 2 rings (SSSR count). The molecule has 1 aromatic rings. The quantitative estimate of drug-likeness (QED) is 0.822. The van der Waals surface area contributed by atoms with Crippen molar-refractivity contribution < 1.29 is 8.42 Å². The number of halogens is 1. The zero-order valence-corrected chi connectivity index (χ0v) is 15.2. The number of rotatable bonds is 3. The number of anilines is 1. The Morgan fingerprint density at radius 1 is 1.24 bits per heavy atom. The van der Waals surface area contributed by atoms with Gasteiger partial charge in [0, 0.05) is 23.2 Å². The molecule has 0 amide bonds. The van der Waals surface area contributed by atoms with Gasteiger partial charge in [0.25, 0.3) is 0 Å². The van der Waals surface area contributed by atoms with E-state index in [0.717, 1.165) is 30.2 Å². The second-order valence-electron chi connectivity index (χ2n) is 6.07. The SMILES string of the molecule is Cc1cc(Br)c(N)cc1S(=O)(=O)N(C)C1CCC(C)CC1. The largest absolute Gasteiger partial charge is 0.398 e. The van der Waals surface area contributed by atoms with E-state index in [1.165, 1.54) is 4.31 Å². The van der Waals surface area contributed by atoms with E-state index in [1.54, 1.807) is 26.1 Å². The summed E-state index contributed by atoms with van der Waals surface area (Å²) in [6, 6.07) is 3.41. The van der Waals surface area contributed by atoms with Crippen LogP contribution in [-0.4, -0.2) is 25.8 Å². The summed E-state index contributed by atoms with van der Waals surface area (Å²) in [4.78, 5) is 0.310. The molecule has 1 aliphatic carbocycles. The van der Waals surface area contributed by atoms with Crippen molar-refractivity contribution >= 4 is 31.6 Å². The molecular formula is C15H23BrN2O2S. The number of nitrogen functional groups attached to an aromatic ring is 1. The fourth-order valence-corrected chi connectivity index (χ4v) is 5.02. The molecule has 0 saturated heterocycles. The highest BCUT2D eigenvalue weighted by atomic mass is 79.9. The van der Waals surface area contributed by atoms with Crippen LogP contribution in [-0.2, 0) is 10.0 Å². The van der Waals surface area contributed by atoms with E-state index in [-0.39, 0.29) is 6.04 Å². The second kappa shape index (κ2) is 6.26. The topological polar surface area (TPSA) is 63.4 Å². The van der Waals surface area contributed by atoms with Crippen LogP contribution in [0.25, 0.3) is 0 Å². The van der Waals surface area contributed by atoms with E-state index in [9.17, 15) is 8.42 Å². The van der Waals surface area contributed by atoms with Crippen molar-refractivity contribution in [2.75, 3.05) is 12.8 Å². The Morgan fingerprint density at radius 2 is 1.81 bits per heavy atom. The number of aryl methyl sites for hydroxylation is 1. The second-order valence-corrected chi connectivity index (χ2v) is 8.89. The minimum Gasteiger partial charge on any atom is -0.398 e. The van der Waals surface area contributed by atoms with Crippen LogP contribution < -0.4 is 5.73 Å². The third-order valence-electron chi connectivity index (χ3n) is 4.45. The molecule has 4 nitrogen and oxygen atoms in total.